The highest BCUT2D eigenvalue weighted by Crippen LogP contribution is 1.93. The predicted octanol–water partition coefficient (Wildman–Crippen LogP) is -0.0567. The molecule has 1 amide bonds. The lowest BCUT2D eigenvalue weighted by molar-refractivity contribution is -0.106. The standard InChI is InChI=1S/C7H7N3O/c8-7(10-5-11)6-1-3-9-4-2-6/h1-5H,(H2,8,10,11). The molecular weight excluding hydrogens is 142 g/mol. The van der Waals surface area contributed by atoms with Crippen molar-refractivity contribution in [3.05, 3.63) is 30.1 Å². The average Bonchev–Trinajstić information content (AvgIpc) is 2.07. The number of aliphatic imine (C=N–C) groups is 1. The Hall–Kier alpha value is -1.71. The zero-order valence-electron chi connectivity index (χ0n) is 5.77. The molecule has 11 heavy (non-hydrogen) atoms. The van der Waals surface area contributed by atoms with Crippen LogP contribution in [0.25, 0.3) is 0 Å². The van der Waals surface area contributed by atoms with E-state index in [1.165, 1.54) is 0 Å². The molecule has 0 atom stereocenters. The summed E-state index contributed by atoms with van der Waals surface area (Å²) in [6.45, 7) is 0. The molecule has 0 aliphatic heterocycles. The summed E-state index contributed by atoms with van der Waals surface area (Å²) in [7, 11) is 0. The highest BCUT2D eigenvalue weighted by molar-refractivity contribution is 6.00. The molecule has 1 aromatic rings. The Labute approximate surface area is 63.8 Å². The van der Waals surface area contributed by atoms with Gasteiger partial charge in [0.25, 0.3) is 0 Å². The van der Waals surface area contributed by atoms with Crippen molar-refractivity contribution >= 4 is 12.2 Å². The van der Waals surface area contributed by atoms with Crippen LogP contribution >= 0.6 is 0 Å². The van der Waals surface area contributed by atoms with Crippen molar-refractivity contribution in [1.82, 2.24) is 4.98 Å². The van der Waals surface area contributed by atoms with Crippen molar-refractivity contribution in [3.8, 4) is 0 Å². The maximum Gasteiger partial charge on any atom is 0.234 e. The fourth-order valence-corrected chi connectivity index (χ4v) is 0.654. The number of carbonyl (C=O) groups is 1. The molecule has 1 rings (SSSR count). The molecule has 1 aromatic heterocycles. The van der Waals surface area contributed by atoms with E-state index in [4.69, 9.17) is 5.73 Å². The van der Waals surface area contributed by atoms with Gasteiger partial charge in [0.2, 0.25) is 6.41 Å². The topological polar surface area (TPSA) is 68.3 Å². The minimum atomic E-state index is 0.211. The van der Waals surface area contributed by atoms with Gasteiger partial charge < -0.3 is 5.73 Å². The number of amides is 1. The molecule has 56 valence electrons. The molecular formula is C7H7N3O. The van der Waals surface area contributed by atoms with E-state index in [-0.39, 0.29) is 5.84 Å². The first-order valence-electron chi connectivity index (χ1n) is 3.02. The van der Waals surface area contributed by atoms with Gasteiger partial charge in [-0.15, -0.1) is 0 Å². The normalized spacial score (nSPS) is 11.1. The Kier molecular flexibility index (Phi) is 2.32. The molecule has 0 saturated carbocycles. The van der Waals surface area contributed by atoms with Crippen LogP contribution in [0.2, 0.25) is 0 Å². The molecule has 0 aromatic carbocycles. The largest absolute Gasteiger partial charge is 0.383 e. The number of rotatable bonds is 2. The molecule has 0 aliphatic carbocycles. The smallest absolute Gasteiger partial charge is 0.234 e. The summed E-state index contributed by atoms with van der Waals surface area (Å²) in [4.78, 5) is 17.1. The van der Waals surface area contributed by atoms with Crippen molar-refractivity contribution in [2.45, 2.75) is 0 Å². The number of hydrogen-bond acceptors (Lipinski definition) is 2. The van der Waals surface area contributed by atoms with E-state index in [1.807, 2.05) is 0 Å². The Morgan fingerprint density at radius 2 is 2.18 bits per heavy atom. The Bertz CT molecular complexity index is 268. The second-order valence-electron chi connectivity index (χ2n) is 1.86. The van der Waals surface area contributed by atoms with Crippen molar-refractivity contribution in [1.29, 1.82) is 0 Å². The van der Waals surface area contributed by atoms with Crippen LogP contribution in [0.3, 0.4) is 0 Å². The molecule has 0 spiro atoms. The molecule has 4 nitrogen and oxygen atoms in total. The first-order valence-corrected chi connectivity index (χ1v) is 3.02. The highest BCUT2D eigenvalue weighted by Gasteiger charge is 1.93. The summed E-state index contributed by atoms with van der Waals surface area (Å²) in [5, 5.41) is 0. The van der Waals surface area contributed by atoms with Crippen LogP contribution in [0.5, 0.6) is 0 Å². The summed E-state index contributed by atoms with van der Waals surface area (Å²) < 4.78 is 0. The number of aromatic nitrogens is 1. The van der Waals surface area contributed by atoms with E-state index >= 15 is 0 Å². The molecule has 4 heteroatoms. The van der Waals surface area contributed by atoms with E-state index < -0.39 is 0 Å². The number of pyridine rings is 1. The van der Waals surface area contributed by atoms with E-state index in [1.54, 1.807) is 24.5 Å². The first-order chi connectivity index (χ1) is 5.34. The summed E-state index contributed by atoms with van der Waals surface area (Å²) in [6.07, 6.45) is 3.58. The Balaban J connectivity index is 2.94. The lowest BCUT2D eigenvalue weighted by Gasteiger charge is -1.94. The molecule has 0 saturated heterocycles. The number of hydrogen-bond donors (Lipinski definition) is 1. The Morgan fingerprint density at radius 3 is 2.73 bits per heavy atom. The van der Waals surface area contributed by atoms with E-state index in [0.29, 0.717) is 12.0 Å². The predicted molar refractivity (Wildman–Crippen MR) is 41.0 cm³/mol. The van der Waals surface area contributed by atoms with Gasteiger partial charge in [-0.25, -0.2) is 0 Å². The summed E-state index contributed by atoms with van der Waals surface area (Å²) in [5.74, 6) is 0.211. The average molecular weight is 149 g/mol. The van der Waals surface area contributed by atoms with Crippen molar-refractivity contribution in [2.75, 3.05) is 0 Å². The third-order valence-corrected chi connectivity index (χ3v) is 1.17. The lowest BCUT2D eigenvalue weighted by atomic mass is 10.2. The number of nitrogens with two attached hydrogens (primary N) is 1. The van der Waals surface area contributed by atoms with Gasteiger partial charge in [-0.2, -0.15) is 4.99 Å². The minimum absolute atomic E-state index is 0.211. The van der Waals surface area contributed by atoms with Crippen molar-refractivity contribution in [2.24, 2.45) is 10.7 Å². The number of carbonyl (C=O) groups excluding carboxylic acids is 1. The van der Waals surface area contributed by atoms with Crippen molar-refractivity contribution < 1.29 is 4.79 Å². The van der Waals surface area contributed by atoms with Crippen LogP contribution in [0.1, 0.15) is 5.56 Å². The fourth-order valence-electron chi connectivity index (χ4n) is 0.654. The van der Waals surface area contributed by atoms with Gasteiger partial charge in [0.05, 0.1) is 0 Å². The SMILES string of the molecule is NC(=NC=O)c1ccncc1. The van der Waals surface area contributed by atoms with Crippen molar-refractivity contribution in [3.63, 3.8) is 0 Å². The van der Waals surface area contributed by atoms with Crippen LogP contribution in [0.15, 0.2) is 29.5 Å². The lowest BCUT2D eigenvalue weighted by Crippen LogP contribution is -2.13. The van der Waals surface area contributed by atoms with E-state index in [0.717, 1.165) is 0 Å². The van der Waals surface area contributed by atoms with Gasteiger partial charge in [-0.05, 0) is 12.1 Å². The summed E-state index contributed by atoms with van der Waals surface area (Å²) in [5.41, 5.74) is 6.10. The third kappa shape index (κ3) is 1.86. The molecule has 2 N–H and O–H groups in total. The Morgan fingerprint density at radius 1 is 1.55 bits per heavy atom. The van der Waals surface area contributed by atoms with Crippen LogP contribution < -0.4 is 5.73 Å². The summed E-state index contributed by atoms with van der Waals surface area (Å²) >= 11 is 0. The maximum absolute atomic E-state index is 9.91. The fraction of sp³-hybridized carbons (Fsp3) is 0. The summed E-state index contributed by atoms with van der Waals surface area (Å²) in [6, 6.07) is 3.37. The molecule has 0 bridgehead atoms. The van der Waals surface area contributed by atoms with Gasteiger partial charge in [0.15, 0.2) is 0 Å². The molecule has 0 aliphatic rings. The monoisotopic (exact) mass is 149 g/mol. The van der Waals surface area contributed by atoms with Crippen LogP contribution in [0.4, 0.5) is 0 Å². The van der Waals surface area contributed by atoms with Gasteiger partial charge in [0, 0.05) is 18.0 Å². The minimum Gasteiger partial charge on any atom is -0.383 e. The molecule has 0 unspecified atom stereocenters. The molecule has 0 fully saturated rings. The highest BCUT2D eigenvalue weighted by atomic mass is 16.1. The zero-order chi connectivity index (χ0) is 8.10. The second kappa shape index (κ2) is 3.46. The van der Waals surface area contributed by atoms with Crippen LogP contribution in [-0.4, -0.2) is 17.2 Å². The molecule has 1 heterocycles. The second-order valence-corrected chi connectivity index (χ2v) is 1.86. The quantitative estimate of drug-likeness (QED) is 0.364. The van der Waals surface area contributed by atoms with Crippen LogP contribution in [0, 0.1) is 0 Å². The van der Waals surface area contributed by atoms with E-state index in [9.17, 15) is 4.79 Å². The van der Waals surface area contributed by atoms with Crippen LogP contribution in [-0.2, 0) is 4.79 Å². The van der Waals surface area contributed by atoms with E-state index in [2.05, 4.69) is 9.98 Å². The van der Waals surface area contributed by atoms with Gasteiger partial charge in [0.1, 0.15) is 5.84 Å². The first kappa shape index (κ1) is 7.40. The van der Waals surface area contributed by atoms with Gasteiger partial charge in [-0.1, -0.05) is 0 Å². The van der Waals surface area contributed by atoms with Gasteiger partial charge >= 0.3 is 0 Å². The number of amidine groups is 1. The zero-order valence-corrected chi connectivity index (χ0v) is 5.77. The number of nitrogens with zero attached hydrogens (tertiary/aromatic N) is 2. The van der Waals surface area contributed by atoms with Gasteiger partial charge in [-0.3, -0.25) is 9.78 Å². The maximum atomic E-state index is 9.91. The molecule has 0 radical (unpaired) electrons. The third-order valence-electron chi connectivity index (χ3n) is 1.17.